The Balaban J connectivity index is 3.01. The van der Waals surface area contributed by atoms with E-state index in [1.165, 1.54) is 13.8 Å². The van der Waals surface area contributed by atoms with Gasteiger partial charge < -0.3 is 14.2 Å². The summed E-state index contributed by atoms with van der Waals surface area (Å²) in [6.07, 6.45) is 0. The third-order valence-corrected chi connectivity index (χ3v) is 1.63. The zero-order chi connectivity index (χ0) is 11.0. The number of carbonyl (C=O) groups excluding carboxylic acids is 2. The molecule has 1 aliphatic heterocycles. The highest BCUT2D eigenvalue weighted by Crippen LogP contribution is 2.28. The highest BCUT2D eigenvalue weighted by atomic mass is 17.2. The molecular weight excluding hydrogens is 196 g/mol. The minimum Gasteiger partial charge on any atom is -0.419 e. The average molecular weight is 206 g/mol. The quantitative estimate of drug-likeness (QED) is 0.217. The zero-order valence-electron chi connectivity index (χ0n) is 7.90. The van der Waals surface area contributed by atoms with E-state index >= 15 is 0 Å². The predicted molar refractivity (Wildman–Crippen MR) is 39.7 cm³/mol. The van der Waals surface area contributed by atoms with Gasteiger partial charge in [0.1, 0.15) is 0 Å². The number of cyclic esters (lactones) is 2. The zero-order valence-corrected chi connectivity index (χ0v) is 7.90. The second-order valence-corrected chi connectivity index (χ2v) is 3.09. The van der Waals surface area contributed by atoms with Crippen molar-refractivity contribution in [2.24, 2.45) is 0 Å². The first-order valence-electron chi connectivity index (χ1n) is 3.72. The predicted octanol–water partition coefficient (Wildman–Crippen LogP) is -0.345. The van der Waals surface area contributed by atoms with Gasteiger partial charge in [-0.05, 0) is 0 Å². The van der Waals surface area contributed by atoms with Crippen molar-refractivity contribution in [2.75, 3.05) is 7.11 Å². The number of esters is 2. The second-order valence-electron chi connectivity index (χ2n) is 3.09. The second kappa shape index (κ2) is 3.19. The van der Waals surface area contributed by atoms with Gasteiger partial charge in [0.05, 0.1) is 0 Å². The molecule has 7 heteroatoms. The van der Waals surface area contributed by atoms with Gasteiger partial charge in [-0.15, -0.1) is 0 Å². The lowest BCUT2D eigenvalue weighted by Crippen LogP contribution is -2.60. The fourth-order valence-corrected chi connectivity index (χ4v) is 0.963. The molecule has 0 saturated carbocycles. The Labute approximate surface area is 79.4 Å². The number of hydrogen-bond donors (Lipinski definition) is 1. The molecule has 0 aromatic rings. The topological polar surface area (TPSA) is 91.3 Å². The maximum absolute atomic E-state index is 11.3. The standard InChI is InChI=1S/C7H10O7/c1-6(2)12-4(8)7(11-3,14-10)5(9)13-6/h10H,1-3H3. The van der Waals surface area contributed by atoms with Crippen LogP contribution in [0.2, 0.25) is 0 Å². The highest BCUT2D eigenvalue weighted by Gasteiger charge is 2.60. The molecule has 0 amide bonds. The molecule has 1 fully saturated rings. The molecule has 0 aromatic heterocycles. The normalized spacial score (nSPS) is 24.0. The van der Waals surface area contributed by atoms with Crippen molar-refractivity contribution in [3.63, 3.8) is 0 Å². The van der Waals surface area contributed by atoms with Crippen molar-refractivity contribution in [1.82, 2.24) is 0 Å². The van der Waals surface area contributed by atoms with Crippen LogP contribution in [0.15, 0.2) is 0 Å². The molecule has 0 aromatic carbocycles. The molecule has 1 saturated heterocycles. The lowest BCUT2D eigenvalue weighted by atomic mass is 10.2. The van der Waals surface area contributed by atoms with E-state index in [4.69, 9.17) is 5.26 Å². The summed E-state index contributed by atoms with van der Waals surface area (Å²) in [5.74, 6) is -6.25. The van der Waals surface area contributed by atoms with E-state index in [-0.39, 0.29) is 0 Å². The largest absolute Gasteiger partial charge is 0.419 e. The molecule has 1 N–H and O–H groups in total. The Hall–Kier alpha value is -1.18. The lowest BCUT2D eigenvalue weighted by Gasteiger charge is -2.36. The van der Waals surface area contributed by atoms with Crippen molar-refractivity contribution in [3.8, 4) is 0 Å². The molecule has 80 valence electrons. The van der Waals surface area contributed by atoms with Crippen LogP contribution in [0.4, 0.5) is 0 Å². The van der Waals surface area contributed by atoms with Crippen LogP contribution in [0.5, 0.6) is 0 Å². The summed E-state index contributed by atoms with van der Waals surface area (Å²) in [4.78, 5) is 26.2. The highest BCUT2D eigenvalue weighted by molar-refractivity contribution is 6.03. The Bertz CT molecular complexity index is 243. The molecule has 1 heterocycles. The fourth-order valence-electron chi connectivity index (χ4n) is 0.963. The number of carbonyl (C=O) groups is 2. The van der Waals surface area contributed by atoms with E-state index in [1.807, 2.05) is 0 Å². The van der Waals surface area contributed by atoms with Crippen molar-refractivity contribution < 1.29 is 33.9 Å². The van der Waals surface area contributed by atoms with Crippen LogP contribution in [-0.4, -0.2) is 35.9 Å². The van der Waals surface area contributed by atoms with Crippen LogP contribution in [0.1, 0.15) is 13.8 Å². The van der Waals surface area contributed by atoms with Crippen molar-refractivity contribution >= 4 is 11.9 Å². The molecule has 0 atom stereocenters. The van der Waals surface area contributed by atoms with Gasteiger partial charge >= 0.3 is 17.7 Å². The molecule has 14 heavy (non-hydrogen) atoms. The Morgan fingerprint density at radius 2 is 1.64 bits per heavy atom. The van der Waals surface area contributed by atoms with E-state index < -0.39 is 23.5 Å². The van der Waals surface area contributed by atoms with Crippen LogP contribution < -0.4 is 0 Å². The molecule has 0 aliphatic carbocycles. The summed E-state index contributed by atoms with van der Waals surface area (Å²) < 4.78 is 13.7. The van der Waals surface area contributed by atoms with Crippen LogP contribution in [0.25, 0.3) is 0 Å². The third-order valence-electron chi connectivity index (χ3n) is 1.63. The first-order valence-corrected chi connectivity index (χ1v) is 3.72. The summed E-state index contributed by atoms with van der Waals surface area (Å²) in [7, 11) is 0.997. The van der Waals surface area contributed by atoms with E-state index in [1.54, 1.807) is 0 Å². The maximum Gasteiger partial charge on any atom is 0.397 e. The van der Waals surface area contributed by atoms with Gasteiger partial charge in [-0.2, -0.15) is 4.89 Å². The molecular formula is C7H10O7. The minimum absolute atomic E-state index is 0.997. The van der Waals surface area contributed by atoms with Gasteiger partial charge in [-0.1, -0.05) is 0 Å². The van der Waals surface area contributed by atoms with Gasteiger partial charge in [0.15, 0.2) is 0 Å². The van der Waals surface area contributed by atoms with Gasteiger partial charge in [-0.3, -0.25) is 0 Å². The third kappa shape index (κ3) is 1.45. The van der Waals surface area contributed by atoms with Crippen LogP contribution in [0.3, 0.4) is 0 Å². The summed E-state index contributed by atoms with van der Waals surface area (Å²) in [5, 5.41) is 8.43. The van der Waals surface area contributed by atoms with E-state index in [2.05, 4.69) is 19.1 Å². The summed E-state index contributed by atoms with van der Waals surface area (Å²) >= 11 is 0. The SMILES string of the molecule is COC1(OO)C(=O)OC(C)(C)OC1=O. The first kappa shape index (κ1) is 10.9. The van der Waals surface area contributed by atoms with Gasteiger partial charge in [0.2, 0.25) is 0 Å². The lowest BCUT2D eigenvalue weighted by molar-refractivity contribution is -0.396. The van der Waals surface area contributed by atoms with Gasteiger partial charge in [0, 0.05) is 21.0 Å². The molecule has 1 aliphatic rings. The first-order chi connectivity index (χ1) is 6.38. The molecule has 1 rings (SSSR count). The van der Waals surface area contributed by atoms with Crippen LogP contribution in [0, 0.1) is 0 Å². The summed E-state index contributed by atoms with van der Waals surface area (Å²) in [6, 6.07) is 0. The smallest absolute Gasteiger partial charge is 0.397 e. The van der Waals surface area contributed by atoms with Crippen LogP contribution in [-0.2, 0) is 28.7 Å². The molecule has 0 unspecified atom stereocenters. The van der Waals surface area contributed by atoms with Crippen molar-refractivity contribution in [2.45, 2.75) is 25.4 Å². The number of rotatable bonds is 2. The number of methoxy groups -OCH3 is 1. The minimum atomic E-state index is -2.53. The van der Waals surface area contributed by atoms with E-state index in [9.17, 15) is 9.59 Å². The molecule has 7 nitrogen and oxygen atoms in total. The van der Waals surface area contributed by atoms with E-state index in [0.717, 1.165) is 7.11 Å². The molecule has 0 radical (unpaired) electrons. The van der Waals surface area contributed by atoms with Gasteiger partial charge in [0.25, 0.3) is 5.79 Å². The average Bonchev–Trinajstić information content (AvgIpc) is 2.03. The maximum atomic E-state index is 11.3. The Morgan fingerprint density at radius 3 is 1.93 bits per heavy atom. The molecule has 0 bridgehead atoms. The van der Waals surface area contributed by atoms with Gasteiger partial charge in [-0.25, -0.2) is 14.8 Å². The Kier molecular flexibility index (Phi) is 2.49. The monoisotopic (exact) mass is 206 g/mol. The Morgan fingerprint density at radius 1 is 1.21 bits per heavy atom. The van der Waals surface area contributed by atoms with E-state index in [0.29, 0.717) is 0 Å². The fraction of sp³-hybridized carbons (Fsp3) is 0.714. The van der Waals surface area contributed by atoms with Crippen molar-refractivity contribution in [1.29, 1.82) is 0 Å². The summed E-state index contributed by atoms with van der Waals surface area (Å²) in [5.41, 5.74) is 0. The number of ether oxygens (including phenoxy) is 3. The molecule has 0 spiro atoms. The summed E-state index contributed by atoms with van der Waals surface area (Å²) in [6.45, 7) is 2.72. The van der Waals surface area contributed by atoms with Crippen LogP contribution >= 0.6 is 0 Å². The number of hydrogen-bond acceptors (Lipinski definition) is 7. The van der Waals surface area contributed by atoms with Crippen molar-refractivity contribution in [3.05, 3.63) is 0 Å².